The Hall–Kier alpha value is -2.76. The van der Waals surface area contributed by atoms with Crippen molar-refractivity contribution in [3.8, 4) is 0 Å². The van der Waals surface area contributed by atoms with Crippen molar-refractivity contribution in [3.05, 3.63) is 54.1 Å². The Kier molecular flexibility index (Phi) is 4.61. The van der Waals surface area contributed by atoms with Crippen LogP contribution in [0.5, 0.6) is 0 Å². The molecule has 0 spiro atoms. The molecule has 1 aromatic carbocycles. The van der Waals surface area contributed by atoms with Gasteiger partial charge in [0.05, 0.1) is 12.6 Å². The van der Waals surface area contributed by atoms with Gasteiger partial charge in [-0.15, -0.1) is 0 Å². The minimum atomic E-state index is -0.319. The van der Waals surface area contributed by atoms with Gasteiger partial charge in [-0.1, -0.05) is 12.1 Å². The van der Waals surface area contributed by atoms with Crippen LogP contribution < -0.4 is 5.32 Å². The van der Waals surface area contributed by atoms with Crippen LogP contribution in [0, 0.1) is 0 Å². The number of hydrogen-bond donors (Lipinski definition) is 1. The lowest BCUT2D eigenvalue weighted by atomic mass is 10.1. The maximum Gasteiger partial charge on any atom is 0.275 e. The maximum absolute atomic E-state index is 11.9. The molecule has 21 heavy (non-hydrogen) atoms. The molecule has 2 aromatic rings. The molecule has 0 aliphatic rings. The van der Waals surface area contributed by atoms with Crippen LogP contribution in [0.15, 0.2) is 42.9 Å². The van der Waals surface area contributed by atoms with Crippen molar-refractivity contribution in [1.29, 1.82) is 0 Å². The molecule has 1 aromatic heterocycles. The largest absolute Gasteiger partial charge is 0.349 e. The summed E-state index contributed by atoms with van der Waals surface area (Å²) >= 11 is 0. The van der Waals surface area contributed by atoms with Crippen molar-refractivity contribution in [3.63, 3.8) is 0 Å². The van der Waals surface area contributed by atoms with E-state index in [-0.39, 0.29) is 17.5 Å². The van der Waals surface area contributed by atoms with E-state index < -0.39 is 0 Å². The quantitative estimate of drug-likeness (QED) is 0.919. The Labute approximate surface area is 122 Å². The highest BCUT2D eigenvalue weighted by Crippen LogP contribution is 2.11. The number of hydrogen-bond acceptors (Lipinski definition) is 4. The predicted molar refractivity (Wildman–Crippen MR) is 78.8 cm³/mol. The fourth-order valence-electron chi connectivity index (χ4n) is 1.65. The average molecular weight is 284 g/mol. The lowest BCUT2D eigenvalue weighted by Crippen LogP contribution is -2.23. The second-order valence-corrected chi connectivity index (χ2v) is 4.71. The molecule has 0 unspecified atom stereocenters. The van der Waals surface area contributed by atoms with E-state index in [0.29, 0.717) is 12.1 Å². The summed E-state index contributed by atoms with van der Waals surface area (Å²) in [7, 11) is 3.44. The summed E-state index contributed by atoms with van der Waals surface area (Å²) in [6.07, 6.45) is 4.71. The summed E-state index contributed by atoms with van der Waals surface area (Å²) in [4.78, 5) is 32.8. The van der Waals surface area contributed by atoms with Crippen LogP contribution in [0.1, 0.15) is 16.1 Å². The van der Waals surface area contributed by atoms with E-state index in [0.717, 1.165) is 5.56 Å². The van der Waals surface area contributed by atoms with Gasteiger partial charge in [-0.3, -0.25) is 14.6 Å². The number of carbonyl (C=O) groups is 2. The van der Waals surface area contributed by atoms with E-state index in [1.807, 2.05) is 12.1 Å². The Morgan fingerprint density at radius 1 is 1.14 bits per heavy atom. The van der Waals surface area contributed by atoms with Gasteiger partial charge in [-0.05, 0) is 17.7 Å². The molecule has 0 saturated heterocycles. The van der Waals surface area contributed by atoms with E-state index in [9.17, 15) is 9.59 Å². The minimum absolute atomic E-state index is 0.0337. The first kappa shape index (κ1) is 14.6. The SMILES string of the molecule is CN(C)C(=O)Cc1ccc(NC(=O)c2cnccn2)cc1. The van der Waals surface area contributed by atoms with Gasteiger partial charge in [-0.25, -0.2) is 4.98 Å². The van der Waals surface area contributed by atoms with Crippen molar-refractivity contribution < 1.29 is 9.59 Å². The molecule has 0 atom stereocenters. The summed E-state index contributed by atoms with van der Waals surface area (Å²) in [5, 5.41) is 2.72. The zero-order chi connectivity index (χ0) is 15.2. The third-order valence-electron chi connectivity index (χ3n) is 2.86. The second-order valence-electron chi connectivity index (χ2n) is 4.71. The van der Waals surface area contributed by atoms with Crippen LogP contribution in [0.25, 0.3) is 0 Å². The number of amides is 2. The van der Waals surface area contributed by atoms with Gasteiger partial charge >= 0.3 is 0 Å². The van der Waals surface area contributed by atoms with Crippen molar-refractivity contribution in [2.24, 2.45) is 0 Å². The minimum Gasteiger partial charge on any atom is -0.349 e. The third-order valence-corrected chi connectivity index (χ3v) is 2.86. The average Bonchev–Trinajstić information content (AvgIpc) is 2.50. The summed E-state index contributed by atoms with van der Waals surface area (Å²) < 4.78 is 0. The van der Waals surface area contributed by atoms with Crippen LogP contribution in [0.4, 0.5) is 5.69 Å². The molecule has 2 rings (SSSR count). The van der Waals surface area contributed by atoms with Crippen LogP contribution in [0.2, 0.25) is 0 Å². The Balaban J connectivity index is 2.00. The normalized spacial score (nSPS) is 10.0. The first-order valence-corrected chi connectivity index (χ1v) is 6.42. The highest BCUT2D eigenvalue weighted by molar-refractivity contribution is 6.02. The number of anilines is 1. The fourth-order valence-corrected chi connectivity index (χ4v) is 1.65. The molecule has 0 saturated carbocycles. The topological polar surface area (TPSA) is 75.2 Å². The van der Waals surface area contributed by atoms with Gasteiger partial charge in [0.15, 0.2) is 0 Å². The molecule has 1 N–H and O–H groups in total. The van der Waals surface area contributed by atoms with Crippen LogP contribution >= 0.6 is 0 Å². The Bertz CT molecular complexity index is 624. The first-order chi connectivity index (χ1) is 10.1. The molecule has 0 aliphatic heterocycles. The fraction of sp³-hybridized carbons (Fsp3) is 0.200. The third kappa shape index (κ3) is 4.10. The summed E-state index contributed by atoms with van der Waals surface area (Å²) in [5.74, 6) is -0.286. The zero-order valence-electron chi connectivity index (χ0n) is 11.9. The molecular weight excluding hydrogens is 268 g/mol. The summed E-state index contributed by atoms with van der Waals surface area (Å²) in [6, 6.07) is 7.14. The summed E-state index contributed by atoms with van der Waals surface area (Å²) in [5.41, 5.74) is 1.79. The molecule has 2 amide bonds. The number of aromatic nitrogens is 2. The predicted octanol–water partition coefficient (Wildman–Crippen LogP) is 1.36. The number of rotatable bonds is 4. The number of likely N-dealkylation sites (N-methyl/N-ethyl adjacent to an activating group) is 1. The monoisotopic (exact) mass is 284 g/mol. The Morgan fingerprint density at radius 2 is 1.86 bits per heavy atom. The van der Waals surface area contributed by atoms with Crippen molar-refractivity contribution >= 4 is 17.5 Å². The van der Waals surface area contributed by atoms with Gasteiger partial charge in [0.1, 0.15) is 5.69 Å². The standard InChI is InChI=1S/C15H16N4O2/c1-19(2)14(20)9-11-3-5-12(6-4-11)18-15(21)13-10-16-7-8-17-13/h3-8,10H,9H2,1-2H3,(H,18,21). The Morgan fingerprint density at radius 3 is 2.43 bits per heavy atom. The van der Waals surface area contributed by atoms with Crippen LogP contribution in [0.3, 0.4) is 0 Å². The van der Waals surface area contributed by atoms with Crippen LogP contribution in [-0.2, 0) is 11.2 Å². The van der Waals surface area contributed by atoms with Gasteiger partial charge in [-0.2, -0.15) is 0 Å². The van der Waals surface area contributed by atoms with Crippen LogP contribution in [-0.4, -0.2) is 40.8 Å². The molecule has 0 bridgehead atoms. The molecule has 0 radical (unpaired) electrons. The zero-order valence-corrected chi connectivity index (χ0v) is 11.9. The van der Waals surface area contributed by atoms with E-state index in [1.165, 1.54) is 18.6 Å². The number of benzene rings is 1. The van der Waals surface area contributed by atoms with E-state index in [4.69, 9.17) is 0 Å². The molecule has 0 aliphatic carbocycles. The van der Waals surface area contributed by atoms with Crippen molar-refractivity contribution in [2.75, 3.05) is 19.4 Å². The van der Waals surface area contributed by atoms with E-state index in [2.05, 4.69) is 15.3 Å². The number of carbonyl (C=O) groups excluding carboxylic acids is 2. The first-order valence-electron chi connectivity index (χ1n) is 6.42. The molecule has 0 fully saturated rings. The number of nitrogens with zero attached hydrogens (tertiary/aromatic N) is 3. The van der Waals surface area contributed by atoms with E-state index >= 15 is 0 Å². The second kappa shape index (κ2) is 6.60. The highest BCUT2D eigenvalue weighted by Gasteiger charge is 2.08. The summed E-state index contributed by atoms with van der Waals surface area (Å²) in [6.45, 7) is 0. The highest BCUT2D eigenvalue weighted by atomic mass is 16.2. The molecular formula is C15H16N4O2. The number of nitrogens with one attached hydrogen (secondary N) is 1. The van der Waals surface area contributed by atoms with Crippen molar-refractivity contribution in [2.45, 2.75) is 6.42 Å². The molecule has 6 nitrogen and oxygen atoms in total. The maximum atomic E-state index is 11.9. The smallest absolute Gasteiger partial charge is 0.275 e. The van der Waals surface area contributed by atoms with Gasteiger partial charge in [0.25, 0.3) is 5.91 Å². The molecule has 6 heteroatoms. The van der Waals surface area contributed by atoms with Gasteiger partial charge in [0, 0.05) is 32.2 Å². The van der Waals surface area contributed by atoms with Gasteiger partial charge in [0.2, 0.25) is 5.91 Å². The van der Waals surface area contributed by atoms with Crippen molar-refractivity contribution in [1.82, 2.24) is 14.9 Å². The lowest BCUT2D eigenvalue weighted by molar-refractivity contribution is -0.127. The lowest BCUT2D eigenvalue weighted by Gasteiger charge is -2.10. The van der Waals surface area contributed by atoms with Gasteiger partial charge < -0.3 is 10.2 Å². The van der Waals surface area contributed by atoms with E-state index in [1.54, 1.807) is 31.1 Å². The molecule has 108 valence electrons. The molecule has 1 heterocycles.